The summed E-state index contributed by atoms with van der Waals surface area (Å²) in [5.74, 6) is -0.279. The summed E-state index contributed by atoms with van der Waals surface area (Å²) < 4.78 is 4.99. The van der Waals surface area contributed by atoms with Crippen LogP contribution in [0.15, 0.2) is 35.1 Å². The number of hydrogen-bond acceptors (Lipinski definition) is 3. The van der Waals surface area contributed by atoms with Crippen molar-refractivity contribution in [2.24, 2.45) is 5.92 Å². The molecule has 132 valence electrons. The molecule has 0 radical (unpaired) electrons. The van der Waals surface area contributed by atoms with Crippen LogP contribution in [0.25, 0.3) is 0 Å². The third-order valence-electron chi connectivity index (χ3n) is 4.77. The molecule has 1 aliphatic heterocycles. The minimum absolute atomic E-state index is 0.0141. The molecule has 5 heteroatoms. The van der Waals surface area contributed by atoms with Gasteiger partial charge in [-0.05, 0) is 50.8 Å². The van der Waals surface area contributed by atoms with Gasteiger partial charge in [-0.25, -0.2) is 0 Å². The Morgan fingerprint density at radius 1 is 1.20 bits per heavy atom. The van der Waals surface area contributed by atoms with Crippen LogP contribution in [-0.2, 0) is 4.79 Å². The molecule has 2 aromatic rings. The van der Waals surface area contributed by atoms with Crippen molar-refractivity contribution in [3.8, 4) is 0 Å². The Hall–Kier alpha value is -2.56. The van der Waals surface area contributed by atoms with Crippen LogP contribution in [0.1, 0.15) is 39.9 Å². The van der Waals surface area contributed by atoms with Crippen LogP contribution in [-0.4, -0.2) is 29.8 Å². The highest BCUT2D eigenvalue weighted by molar-refractivity contribution is 5.96. The quantitative estimate of drug-likeness (QED) is 0.927. The molecule has 0 aliphatic carbocycles. The Morgan fingerprint density at radius 3 is 2.56 bits per heavy atom. The molecule has 0 saturated carbocycles. The van der Waals surface area contributed by atoms with Gasteiger partial charge < -0.3 is 14.6 Å². The molecule has 2 amide bonds. The maximum Gasteiger partial charge on any atom is 0.257 e. The van der Waals surface area contributed by atoms with E-state index in [9.17, 15) is 9.59 Å². The second kappa shape index (κ2) is 7.13. The summed E-state index contributed by atoms with van der Waals surface area (Å²) >= 11 is 0. The average Bonchev–Trinajstić information content (AvgIpc) is 3.12. The summed E-state index contributed by atoms with van der Waals surface area (Å²) in [7, 11) is 0. The number of nitrogens with one attached hydrogen (secondary N) is 1. The monoisotopic (exact) mass is 340 g/mol. The molecule has 1 atom stereocenters. The first-order valence-corrected chi connectivity index (χ1v) is 8.66. The number of carbonyl (C=O) groups is 2. The maximum atomic E-state index is 12.7. The number of furan rings is 1. The number of anilines is 1. The molecule has 1 N–H and O–H groups in total. The lowest BCUT2D eigenvalue weighted by molar-refractivity contribution is -0.121. The van der Waals surface area contributed by atoms with Crippen molar-refractivity contribution in [2.75, 3.05) is 18.4 Å². The minimum Gasteiger partial charge on any atom is -0.472 e. The number of nitrogens with zero attached hydrogens (tertiary/aromatic N) is 1. The lowest BCUT2D eigenvalue weighted by atomic mass is 9.96. The predicted octanol–water partition coefficient (Wildman–Crippen LogP) is 3.70. The van der Waals surface area contributed by atoms with Gasteiger partial charge in [0.25, 0.3) is 5.91 Å². The van der Waals surface area contributed by atoms with Gasteiger partial charge in [-0.1, -0.05) is 17.7 Å². The Balaban J connectivity index is 1.69. The molecule has 25 heavy (non-hydrogen) atoms. The fourth-order valence-corrected chi connectivity index (χ4v) is 3.55. The van der Waals surface area contributed by atoms with Gasteiger partial charge in [0.2, 0.25) is 5.91 Å². The summed E-state index contributed by atoms with van der Waals surface area (Å²) in [6, 6.07) is 5.79. The van der Waals surface area contributed by atoms with Crippen molar-refractivity contribution in [2.45, 2.75) is 33.6 Å². The van der Waals surface area contributed by atoms with Crippen molar-refractivity contribution in [1.29, 1.82) is 0 Å². The maximum absolute atomic E-state index is 12.7. The number of likely N-dealkylation sites (tertiary alicyclic amines) is 1. The highest BCUT2D eigenvalue weighted by atomic mass is 16.3. The van der Waals surface area contributed by atoms with E-state index in [1.807, 2.05) is 20.8 Å². The normalized spacial score (nSPS) is 17.4. The van der Waals surface area contributed by atoms with Gasteiger partial charge in [0.15, 0.2) is 0 Å². The summed E-state index contributed by atoms with van der Waals surface area (Å²) in [6.45, 7) is 7.18. The van der Waals surface area contributed by atoms with Crippen molar-refractivity contribution >= 4 is 17.5 Å². The van der Waals surface area contributed by atoms with Gasteiger partial charge in [0, 0.05) is 18.8 Å². The number of aryl methyl sites for hydroxylation is 3. The van der Waals surface area contributed by atoms with Crippen LogP contribution in [0.3, 0.4) is 0 Å². The summed E-state index contributed by atoms with van der Waals surface area (Å²) in [5.41, 5.74) is 4.73. The molecule has 0 bridgehead atoms. The van der Waals surface area contributed by atoms with Crippen LogP contribution < -0.4 is 5.32 Å². The fraction of sp³-hybridized carbons (Fsp3) is 0.400. The highest BCUT2D eigenvalue weighted by Gasteiger charge is 2.29. The van der Waals surface area contributed by atoms with E-state index in [0.717, 1.165) is 29.7 Å². The summed E-state index contributed by atoms with van der Waals surface area (Å²) in [6.07, 6.45) is 4.56. The van der Waals surface area contributed by atoms with Crippen LogP contribution in [0.5, 0.6) is 0 Å². The van der Waals surface area contributed by atoms with Crippen molar-refractivity contribution in [3.05, 3.63) is 53.0 Å². The molecule has 1 aliphatic rings. The van der Waals surface area contributed by atoms with Gasteiger partial charge in [0.1, 0.15) is 6.26 Å². The molecule has 1 fully saturated rings. The van der Waals surface area contributed by atoms with Crippen LogP contribution in [0.2, 0.25) is 0 Å². The Kier molecular flexibility index (Phi) is 4.93. The molecule has 2 heterocycles. The standard InChI is InChI=1S/C20H24N2O3/c1-13-9-14(2)18(15(3)10-13)21-19(23)16-5-4-7-22(11-16)20(24)17-6-8-25-12-17/h6,8-10,12,16H,4-5,7,11H2,1-3H3,(H,21,23). The number of rotatable bonds is 3. The topological polar surface area (TPSA) is 62.6 Å². The van der Waals surface area contributed by atoms with Crippen molar-refractivity contribution < 1.29 is 14.0 Å². The van der Waals surface area contributed by atoms with E-state index in [2.05, 4.69) is 17.4 Å². The fourth-order valence-electron chi connectivity index (χ4n) is 3.55. The highest BCUT2D eigenvalue weighted by Crippen LogP contribution is 2.25. The first-order chi connectivity index (χ1) is 12.0. The van der Waals surface area contributed by atoms with Crippen LogP contribution in [0, 0.1) is 26.7 Å². The number of carbonyl (C=O) groups excluding carboxylic acids is 2. The van der Waals surface area contributed by atoms with E-state index in [1.54, 1.807) is 11.0 Å². The van der Waals surface area contributed by atoms with E-state index in [1.165, 1.54) is 18.1 Å². The average molecular weight is 340 g/mol. The molecule has 1 aromatic carbocycles. The zero-order valence-corrected chi connectivity index (χ0v) is 15.0. The van der Waals surface area contributed by atoms with E-state index in [4.69, 9.17) is 4.42 Å². The van der Waals surface area contributed by atoms with E-state index >= 15 is 0 Å². The third-order valence-corrected chi connectivity index (χ3v) is 4.77. The van der Waals surface area contributed by atoms with Gasteiger partial charge in [0.05, 0.1) is 17.7 Å². The lowest BCUT2D eigenvalue weighted by Gasteiger charge is -2.32. The van der Waals surface area contributed by atoms with Gasteiger partial charge in [-0.15, -0.1) is 0 Å². The Bertz CT molecular complexity index is 757. The second-order valence-electron chi connectivity index (χ2n) is 6.87. The molecule has 1 aromatic heterocycles. The first-order valence-electron chi connectivity index (χ1n) is 8.66. The molecule has 1 unspecified atom stereocenters. The van der Waals surface area contributed by atoms with Crippen LogP contribution >= 0.6 is 0 Å². The van der Waals surface area contributed by atoms with E-state index in [0.29, 0.717) is 18.7 Å². The first kappa shape index (κ1) is 17.3. The summed E-state index contributed by atoms with van der Waals surface area (Å²) in [5, 5.41) is 3.07. The third kappa shape index (κ3) is 3.76. The molecule has 3 rings (SSSR count). The lowest BCUT2D eigenvalue weighted by Crippen LogP contribution is -2.43. The molecular formula is C20H24N2O3. The molecule has 5 nitrogen and oxygen atoms in total. The zero-order valence-electron chi connectivity index (χ0n) is 15.0. The number of hydrogen-bond donors (Lipinski definition) is 1. The second-order valence-corrected chi connectivity index (χ2v) is 6.87. The van der Waals surface area contributed by atoms with Crippen molar-refractivity contribution in [3.63, 3.8) is 0 Å². The van der Waals surface area contributed by atoms with Crippen molar-refractivity contribution in [1.82, 2.24) is 4.90 Å². The Labute approximate surface area is 148 Å². The number of benzene rings is 1. The molecule has 0 spiro atoms. The predicted molar refractivity (Wildman–Crippen MR) is 96.6 cm³/mol. The van der Waals surface area contributed by atoms with E-state index < -0.39 is 0 Å². The van der Waals surface area contributed by atoms with Gasteiger partial charge >= 0.3 is 0 Å². The van der Waals surface area contributed by atoms with Gasteiger partial charge in [-0.3, -0.25) is 9.59 Å². The minimum atomic E-state index is -0.190. The zero-order chi connectivity index (χ0) is 18.0. The van der Waals surface area contributed by atoms with Crippen LogP contribution in [0.4, 0.5) is 5.69 Å². The number of piperidine rings is 1. The SMILES string of the molecule is Cc1cc(C)c(NC(=O)C2CCCN(C(=O)c3ccoc3)C2)c(C)c1. The molecular weight excluding hydrogens is 316 g/mol. The number of amides is 2. The largest absolute Gasteiger partial charge is 0.472 e. The van der Waals surface area contributed by atoms with E-state index in [-0.39, 0.29) is 17.7 Å². The Morgan fingerprint density at radius 2 is 1.92 bits per heavy atom. The molecule has 1 saturated heterocycles. The van der Waals surface area contributed by atoms with Gasteiger partial charge in [-0.2, -0.15) is 0 Å². The smallest absolute Gasteiger partial charge is 0.257 e. The summed E-state index contributed by atoms with van der Waals surface area (Å²) in [4.78, 5) is 27.0.